The Bertz CT molecular complexity index is 714. The molecule has 0 atom stereocenters. The normalized spacial score (nSPS) is 17.7. The molecule has 0 bridgehead atoms. The largest absolute Gasteiger partial charge is 0.0686 e. The molecule has 0 unspecified atom stereocenters. The number of hydrogen-bond donors (Lipinski definition) is 0. The smallest absolute Gasteiger partial charge is 0.00735 e. The molecule has 0 aromatic heterocycles. The molecule has 0 heteroatoms. The Morgan fingerprint density at radius 2 is 1.83 bits per heavy atom. The number of allylic oxidation sites excluding steroid dienone is 4. The molecule has 0 fully saturated rings. The van der Waals surface area contributed by atoms with Gasteiger partial charge in [0.2, 0.25) is 0 Å². The minimum atomic E-state index is 1.19. The predicted octanol–water partition coefficient (Wildman–Crippen LogP) is 4.89. The molecule has 4 rings (SSSR count). The maximum atomic E-state index is 2.40. The van der Waals surface area contributed by atoms with Crippen molar-refractivity contribution in [3.63, 3.8) is 0 Å². The molecule has 0 amide bonds. The molecule has 18 heavy (non-hydrogen) atoms. The molecular weight excluding hydrogens is 216 g/mol. The van der Waals surface area contributed by atoms with Crippen molar-refractivity contribution in [1.29, 1.82) is 0 Å². The van der Waals surface area contributed by atoms with E-state index < -0.39 is 0 Å². The lowest BCUT2D eigenvalue weighted by Crippen LogP contribution is -2.02. The average Bonchev–Trinajstić information content (AvgIpc) is 2.78. The van der Waals surface area contributed by atoms with E-state index in [2.05, 4.69) is 49.4 Å². The Morgan fingerprint density at radius 3 is 2.78 bits per heavy atom. The monoisotopic (exact) mass is 232 g/mol. The topological polar surface area (TPSA) is 0 Å². The van der Waals surface area contributed by atoms with Gasteiger partial charge >= 0.3 is 0 Å². The third-order valence-electron chi connectivity index (χ3n) is 4.24. The quantitative estimate of drug-likeness (QED) is 0.606. The van der Waals surface area contributed by atoms with Crippen molar-refractivity contribution in [2.75, 3.05) is 0 Å². The molecule has 2 aromatic rings. The lowest BCUT2D eigenvalue weighted by molar-refractivity contribution is 0.893. The Labute approximate surface area is 108 Å². The van der Waals surface area contributed by atoms with Gasteiger partial charge in [0.15, 0.2) is 0 Å². The molecule has 88 valence electrons. The third kappa shape index (κ3) is 1.32. The number of fused-ring (bicyclic) bond motifs is 4. The second-order valence-electron chi connectivity index (χ2n) is 5.51. The van der Waals surface area contributed by atoms with Crippen LogP contribution < -0.4 is 0 Å². The Morgan fingerprint density at radius 1 is 0.944 bits per heavy atom. The van der Waals surface area contributed by atoms with Gasteiger partial charge in [-0.25, -0.2) is 0 Å². The zero-order valence-electron chi connectivity index (χ0n) is 10.7. The third-order valence-corrected chi connectivity index (χ3v) is 4.24. The van der Waals surface area contributed by atoms with Gasteiger partial charge in [-0.15, -0.1) is 0 Å². The van der Waals surface area contributed by atoms with E-state index in [4.69, 9.17) is 0 Å². The molecular formula is C18H16. The van der Waals surface area contributed by atoms with E-state index in [0.717, 1.165) is 0 Å². The van der Waals surface area contributed by atoms with Crippen LogP contribution in [0.1, 0.15) is 30.9 Å². The van der Waals surface area contributed by atoms with Gasteiger partial charge in [0, 0.05) is 0 Å². The van der Waals surface area contributed by atoms with E-state index in [9.17, 15) is 0 Å². The van der Waals surface area contributed by atoms with Crippen LogP contribution in [0.3, 0.4) is 0 Å². The van der Waals surface area contributed by atoms with E-state index in [1.807, 2.05) is 0 Å². The standard InChI is InChI=1S/C18H16/c1-12-10-15-9-8-14-7-6-13-4-2-3-5-16(13)18(14)17(15)11-12/h2-7,11H,8-10H2,1H3. The molecule has 0 radical (unpaired) electrons. The summed E-state index contributed by atoms with van der Waals surface area (Å²) >= 11 is 0. The SMILES string of the molecule is CC1=CC2=C(CCc3ccc4ccccc4c32)C1. The number of rotatable bonds is 0. The van der Waals surface area contributed by atoms with Gasteiger partial charge in [0.1, 0.15) is 0 Å². The molecule has 0 saturated heterocycles. The number of aryl methyl sites for hydroxylation is 1. The van der Waals surface area contributed by atoms with Crippen LogP contribution in [0.4, 0.5) is 0 Å². The summed E-state index contributed by atoms with van der Waals surface area (Å²) in [4.78, 5) is 0. The zero-order valence-corrected chi connectivity index (χ0v) is 10.7. The summed E-state index contributed by atoms with van der Waals surface area (Å²) in [7, 11) is 0. The molecule has 0 nitrogen and oxygen atoms in total. The molecule has 0 saturated carbocycles. The molecule has 2 aliphatic rings. The van der Waals surface area contributed by atoms with Crippen molar-refractivity contribution in [1.82, 2.24) is 0 Å². The highest BCUT2D eigenvalue weighted by Crippen LogP contribution is 2.43. The van der Waals surface area contributed by atoms with Crippen molar-refractivity contribution in [3.8, 4) is 0 Å². The summed E-state index contributed by atoms with van der Waals surface area (Å²) in [5.74, 6) is 0. The lowest BCUT2D eigenvalue weighted by atomic mass is 9.84. The van der Waals surface area contributed by atoms with Gasteiger partial charge in [0.05, 0.1) is 0 Å². The predicted molar refractivity (Wildman–Crippen MR) is 77.6 cm³/mol. The first-order chi connectivity index (χ1) is 8.83. The molecule has 2 aromatic carbocycles. The van der Waals surface area contributed by atoms with Crippen LogP contribution in [0.2, 0.25) is 0 Å². The van der Waals surface area contributed by atoms with E-state index in [-0.39, 0.29) is 0 Å². The maximum Gasteiger partial charge on any atom is -0.00735 e. The Kier molecular flexibility index (Phi) is 2.02. The fourth-order valence-corrected chi connectivity index (χ4v) is 3.43. The highest BCUT2D eigenvalue weighted by atomic mass is 14.3. The van der Waals surface area contributed by atoms with Gasteiger partial charge in [-0.2, -0.15) is 0 Å². The van der Waals surface area contributed by atoms with Crippen molar-refractivity contribution in [3.05, 3.63) is 64.7 Å². The Balaban J connectivity index is 2.09. The zero-order chi connectivity index (χ0) is 12.1. The van der Waals surface area contributed by atoms with Gasteiger partial charge in [-0.1, -0.05) is 53.6 Å². The number of hydrogen-bond acceptors (Lipinski definition) is 0. The van der Waals surface area contributed by atoms with Crippen molar-refractivity contribution < 1.29 is 0 Å². The second-order valence-corrected chi connectivity index (χ2v) is 5.51. The van der Waals surface area contributed by atoms with Crippen LogP contribution in [0.25, 0.3) is 16.3 Å². The minimum Gasteiger partial charge on any atom is -0.0686 e. The van der Waals surface area contributed by atoms with Crippen molar-refractivity contribution in [2.45, 2.75) is 26.2 Å². The summed E-state index contributed by atoms with van der Waals surface area (Å²) in [6.07, 6.45) is 6.05. The molecule has 0 heterocycles. The van der Waals surface area contributed by atoms with Crippen molar-refractivity contribution in [2.24, 2.45) is 0 Å². The minimum absolute atomic E-state index is 1.19. The first kappa shape index (κ1) is 10.1. The van der Waals surface area contributed by atoms with Gasteiger partial charge < -0.3 is 0 Å². The highest BCUT2D eigenvalue weighted by Gasteiger charge is 2.23. The first-order valence-corrected chi connectivity index (χ1v) is 6.73. The van der Waals surface area contributed by atoms with E-state index in [0.29, 0.717) is 0 Å². The highest BCUT2D eigenvalue weighted by molar-refractivity contribution is 6.00. The van der Waals surface area contributed by atoms with Crippen molar-refractivity contribution >= 4 is 16.3 Å². The van der Waals surface area contributed by atoms with Crippen LogP contribution in [-0.4, -0.2) is 0 Å². The molecule has 0 aliphatic heterocycles. The van der Waals surface area contributed by atoms with E-state index in [1.54, 1.807) is 5.57 Å². The molecule has 2 aliphatic carbocycles. The van der Waals surface area contributed by atoms with Gasteiger partial charge in [0.25, 0.3) is 0 Å². The second kappa shape index (κ2) is 3.58. The van der Waals surface area contributed by atoms with Crippen LogP contribution in [0.5, 0.6) is 0 Å². The van der Waals surface area contributed by atoms with Gasteiger partial charge in [-0.05, 0) is 53.7 Å². The van der Waals surface area contributed by atoms with E-state index >= 15 is 0 Å². The fourth-order valence-electron chi connectivity index (χ4n) is 3.43. The summed E-state index contributed by atoms with van der Waals surface area (Å²) in [5, 5.41) is 2.79. The van der Waals surface area contributed by atoms with E-state index in [1.165, 1.54) is 52.3 Å². The summed E-state index contributed by atoms with van der Waals surface area (Å²) < 4.78 is 0. The first-order valence-electron chi connectivity index (χ1n) is 6.73. The van der Waals surface area contributed by atoms with Crippen LogP contribution in [0.15, 0.2) is 53.6 Å². The fraction of sp³-hybridized carbons (Fsp3) is 0.222. The lowest BCUT2D eigenvalue weighted by Gasteiger charge is -2.20. The Hall–Kier alpha value is -1.82. The molecule has 0 N–H and O–H groups in total. The van der Waals surface area contributed by atoms with Crippen LogP contribution >= 0.6 is 0 Å². The summed E-state index contributed by atoms with van der Waals surface area (Å²) in [6.45, 7) is 2.25. The summed E-state index contributed by atoms with van der Waals surface area (Å²) in [6, 6.07) is 13.4. The van der Waals surface area contributed by atoms with Crippen LogP contribution in [0, 0.1) is 0 Å². The average molecular weight is 232 g/mol. The maximum absolute atomic E-state index is 2.40. The summed E-state index contributed by atoms with van der Waals surface area (Å²) in [5.41, 5.74) is 7.72. The number of benzene rings is 2. The molecule has 0 spiro atoms. The van der Waals surface area contributed by atoms with Gasteiger partial charge in [-0.3, -0.25) is 0 Å². The van der Waals surface area contributed by atoms with Crippen LogP contribution in [-0.2, 0) is 6.42 Å².